The standard InChI is InChI=1S/C12H28N2O/c1-6-14(7-2)8-9-15-12(5)10-13-11(3)4/h11-13H,6-10H2,1-5H3. The average molecular weight is 216 g/mol. The van der Waals surface area contributed by atoms with Gasteiger partial charge in [0.05, 0.1) is 12.7 Å². The van der Waals surface area contributed by atoms with Crippen LogP contribution in [0.5, 0.6) is 0 Å². The second-order valence-corrected chi connectivity index (χ2v) is 4.27. The molecule has 0 aliphatic heterocycles. The summed E-state index contributed by atoms with van der Waals surface area (Å²) >= 11 is 0. The van der Waals surface area contributed by atoms with Gasteiger partial charge in [0.25, 0.3) is 0 Å². The van der Waals surface area contributed by atoms with E-state index in [1.54, 1.807) is 0 Å². The van der Waals surface area contributed by atoms with Crippen LogP contribution in [-0.4, -0.2) is 49.8 Å². The number of hydrogen-bond donors (Lipinski definition) is 1. The molecular formula is C12H28N2O. The van der Waals surface area contributed by atoms with Gasteiger partial charge in [0.1, 0.15) is 0 Å². The van der Waals surface area contributed by atoms with Crippen molar-refractivity contribution in [2.45, 2.75) is 46.8 Å². The fraction of sp³-hybridized carbons (Fsp3) is 1.00. The Kier molecular flexibility index (Phi) is 9.06. The van der Waals surface area contributed by atoms with Crippen molar-refractivity contribution in [1.82, 2.24) is 10.2 Å². The third-order valence-corrected chi connectivity index (χ3v) is 2.52. The van der Waals surface area contributed by atoms with E-state index in [-0.39, 0.29) is 0 Å². The molecular weight excluding hydrogens is 188 g/mol. The van der Waals surface area contributed by atoms with Crippen LogP contribution in [0.15, 0.2) is 0 Å². The van der Waals surface area contributed by atoms with Gasteiger partial charge in [0.15, 0.2) is 0 Å². The molecule has 0 fully saturated rings. The lowest BCUT2D eigenvalue weighted by Gasteiger charge is -2.20. The van der Waals surface area contributed by atoms with Gasteiger partial charge in [-0.1, -0.05) is 27.7 Å². The van der Waals surface area contributed by atoms with E-state index in [0.29, 0.717) is 12.1 Å². The van der Waals surface area contributed by atoms with Crippen LogP contribution in [0.3, 0.4) is 0 Å². The van der Waals surface area contributed by atoms with Gasteiger partial charge in [-0.2, -0.15) is 0 Å². The smallest absolute Gasteiger partial charge is 0.0672 e. The molecule has 0 aliphatic carbocycles. The Labute approximate surface area is 95.2 Å². The van der Waals surface area contributed by atoms with Crippen molar-refractivity contribution >= 4 is 0 Å². The van der Waals surface area contributed by atoms with Gasteiger partial charge in [-0.05, 0) is 20.0 Å². The first-order valence-electron chi connectivity index (χ1n) is 6.17. The molecule has 0 bridgehead atoms. The van der Waals surface area contributed by atoms with Crippen LogP contribution in [0.1, 0.15) is 34.6 Å². The Bertz CT molecular complexity index is 136. The molecule has 3 heteroatoms. The molecule has 0 amide bonds. The highest BCUT2D eigenvalue weighted by atomic mass is 16.5. The molecule has 0 saturated carbocycles. The Morgan fingerprint density at radius 1 is 1.13 bits per heavy atom. The van der Waals surface area contributed by atoms with E-state index in [4.69, 9.17) is 4.74 Å². The second-order valence-electron chi connectivity index (χ2n) is 4.27. The number of ether oxygens (including phenoxy) is 1. The number of hydrogen-bond acceptors (Lipinski definition) is 3. The molecule has 0 aromatic heterocycles. The topological polar surface area (TPSA) is 24.5 Å². The molecule has 0 spiro atoms. The maximum Gasteiger partial charge on any atom is 0.0672 e. The lowest BCUT2D eigenvalue weighted by atomic mass is 10.3. The van der Waals surface area contributed by atoms with Crippen LogP contribution < -0.4 is 5.32 Å². The zero-order chi connectivity index (χ0) is 11.7. The van der Waals surface area contributed by atoms with E-state index in [9.17, 15) is 0 Å². The van der Waals surface area contributed by atoms with Crippen LogP contribution >= 0.6 is 0 Å². The lowest BCUT2D eigenvalue weighted by molar-refractivity contribution is 0.0491. The zero-order valence-corrected chi connectivity index (χ0v) is 11.0. The molecule has 0 aromatic rings. The molecule has 1 atom stereocenters. The average Bonchev–Trinajstić information content (AvgIpc) is 2.21. The summed E-state index contributed by atoms with van der Waals surface area (Å²) < 4.78 is 5.72. The summed E-state index contributed by atoms with van der Waals surface area (Å²) in [6.07, 6.45) is 0.308. The normalized spacial score (nSPS) is 13.8. The van der Waals surface area contributed by atoms with E-state index in [0.717, 1.165) is 32.8 Å². The van der Waals surface area contributed by atoms with Crippen LogP contribution in [0, 0.1) is 0 Å². The summed E-state index contributed by atoms with van der Waals surface area (Å²) in [5.74, 6) is 0. The Balaban J connectivity index is 3.41. The molecule has 0 aromatic carbocycles. The molecule has 1 N–H and O–H groups in total. The Morgan fingerprint density at radius 3 is 2.20 bits per heavy atom. The highest BCUT2D eigenvalue weighted by Crippen LogP contribution is 1.92. The summed E-state index contributed by atoms with van der Waals surface area (Å²) in [7, 11) is 0. The quantitative estimate of drug-likeness (QED) is 0.635. The molecule has 1 unspecified atom stereocenters. The summed E-state index contributed by atoms with van der Waals surface area (Å²) in [5.41, 5.74) is 0. The highest BCUT2D eigenvalue weighted by Gasteiger charge is 2.04. The first kappa shape index (κ1) is 14.9. The van der Waals surface area contributed by atoms with Gasteiger partial charge in [-0.15, -0.1) is 0 Å². The van der Waals surface area contributed by atoms with Crippen molar-refractivity contribution in [2.75, 3.05) is 32.8 Å². The molecule has 3 nitrogen and oxygen atoms in total. The van der Waals surface area contributed by atoms with E-state index in [1.807, 2.05) is 0 Å². The third-order valence-electron chi connectivity index (χ3n) is 2.52. The van der Waals surface area contributed by atoms with Gasteiger partial charge in [0.2, 0.25) is 0 Å². The highest BCUT2D eigenvalue weighted by molar-refractivity contribution is 4.59. The predicted octanol–water partition coefficient (Wildman–Crippen LogP) is 1.73. The number of likely N-dealkylation sites (N-methyl/N-ethyl adjacent to an activating group) is 1. The van der Waals surface area contributed by atoms with E-state index in [2.05, 4.69) is 44.8 Å². The Morgan fingerprint density at radius 2 is 1.73 bits per heavy atom. The maximum atomic E-state index is 5.72. The van der Waals surface area contributed by atoms with Crippen LogP contribution in [-0.2, 0) is 4.74 Å². The number of nitrogens with one attached hydrogen (secondary N) is 1. The summed E-state index contributed by atoms with van der Waals surface area (Å²) in [5, 5.41) is 3.37. The summed E-state index contributed by atoms with van der Waals surface area (Å²) in [6.45, 7) is 15.8. The van der Waals surface area contributed by atoms with Crippen LogP contribution in [0.4, 0.5) is 0 Å². The van der Waals surface area contributed by atoms with Gasteiger partial charge < -0.3 is 15.0 Å². The van der Waals surface area contributed by atoms with Crippen LogP contribution in [0.2, 0.25) is 0 Å². The Hall–Kier alpha value is -0.120. The molecule has 0 heterocycles. The zero-order valence-electron chi connectivity index (χ0n) is 11.0. The summed E-state index contributed by atoms with van der Waals surface area (Å²) in [4.78, 5) is 2.38. The van der Waals surface area contributed by atoms with E-state index >= 15 is 0 Å². The van der Waals surface area contributed by atoms with Crippen molar-refractivity contribution in [2.24, 2.45) is 0 Å². The van der Waals surface area contributed by atoms with E-state index < -0.39 is 0 Å². The number of rotatable bonds is 9. The predicted molar refractivity (Wildman–Crippen MR) is 66.3 cm³/mol. The van der Waals surface area contributed by atoms with Crippen molar-refractivity contribution in [3.05, 3.63) is 0 Å². The molecule has 0 rings (SSSR count). The first-order chi connectivity index (χ1) is 7.10. The van der Waals surface area contributed by atoms with Crippen molar-refractivity contribution in [1.29, 1.82) is 0 Å². The SMILES string of the molecule is CCN(CC)CCOC(C)CNC(C)C. The fourth-order valence-electron chi connectivity index (χ4n) is 1.38. The molecule has 0 aliphatic rings. The van der Waals surface area contributed by atoms with Gasteiger partial charge in [0, 0.05) is 19.1 Å². The van der Waals surface area contributed by atoms with Gasteiger partial charge in [-0.3, -0.25) is 0 Å². The minimum atomic E-state index is 0.308. The lowest BCUT2D eigenvalue weighted by Crippen LogP contribution is -2.34. The van der Waals surface area contributed by atoms with Crippen LogP contribution in [0.25, 0.3) is 0 Å². The van der Waals surface area contributed by atoms with Crippen molar-refractivity contribution in [3.63, 3.8) is 0 Å². The minimum Gasteiger partial charge on any atom is -0.376 e. The second kappa shape index (κ2) is 9.13. The molecule has 92 valence electrons. The van der Waals surface area contributed by atoms with Gasteiger partial charge >= 0.3 is 0 Å². The maximum absolute atomic E-state index is 5.72. The third kappa shape index (κ3) is 8.85. The minimum absolute atomic E-state index is 0.308. The summed E-state index contributed by atoms with van der Waals surface area (Å²) in [6, 6.07) is 0.541. The first-order valence-corrected chi connectivity index (χ1v) is 6.17. The van der Waals surface area contributed by atoms with E-state index in [1.165, 1.54) is 0 Å². The molecule has 0 saturated heterocycles. The fourth-order valence-corrected chi connectivity index (χ4v) is 1.38. The monoisotopic (exact) mass is 216 g/mol. The largest absolute Gasteiger partial charge is 0.376 e. The van der Waals surface area contributed by atoms with Crippen molar-refractivity contribution in [3.8, 4) is 0 Å². The molecule has 0 radical (unpaired) electrons. The van der Waals surface area contributed by atoms with Gasteiger partial charge in [-0.25, -0.2) is 0 Å². The molecule has 15 heavy (non-hydrogen) atoms. The van der Waals surface area contributed by atoms with Crippen molar-refractivity contribution < 1.29 is 4.74 Å². The number of nitrogens with zero attached hydrogens (tertiary/aromatic N) is 1.